The van der Waals surface area contributed by atoms with E-state index in [9.17, 15) is 0 Å². The number of aliphatic imine (C=N–C) groups is 1. The first-order chi connectivity index (χ1) is 11.5. The van der Waals surface area contributed by atoms with Gasteiger partial charge in [0, 0.05) is 51.9 Å². The number of nitrogens with one attached hydrogen (secondary N) is 1. The second-order valence-electron chi connectivity index (χ2n) is 7.40. The molecule has 6 nitrogen and oxygen atoms in total. The first kappa shape index (κ1) is 19.5. The topological polar surface area (TPSA) is 37.4 Å². The Hall–Kier alpha value is -0.850. The van der Waals surface area contributed by atoms with Crippen molar-refractivity contribution < 1.29 is 0 Å². The Balaban J connectivity index is 1.93. The number of hydrogen-bond acceptors (Lipinski definition) is 4. The fraction of sp³-hybridized carbons (Fsp3) is 0.944. The summed E-state index contributed by atoms with van der Waals surface area (Å²) in [6.45, 7) is 13.1. The minimum absolute atomic E-state index is 0.518. The summed E-state index contributed by atoms with van der Waals surface area (Å²) in [5.74, 6) is 1.06. The summed E-state index contributed by atoms with van der Waals surface area (Å²) < 4.78 is 0. The molecule has 0 radical (unpaired) electrons. The van der Waals surface area contributed by atoms with Crippen molar-refractivity contribution in [1.82, 2.24) is 24.9 Å². The molecule has 2 aliphatic heterocycles. The Kier molecular flexibility index (Phi) is 7.78. The predicted octanol–water partition coefficient (Wildman–Crippen LogP) is 0.614. The van der Waals surface area contributed by atoms with Crippen LogP contribution >= 0.6 is 0 Å². The molecule has 0 amide bonds. The van der Waals surface area contributed by atoms with Crippen molar-refractivity contribution >= 4 is 5.96 Å². The minimum atomic E-state index is 0.518. The molecule has 0 aromatic carbocycles. The van der Waals surface area contributed by atoms with E-state index in [0.717, 1.165) is 51.8 Å². The lowest BCUT2D eigenvalue weighted by Gasteiger charge is -2.37. The molecule has 2 heterocycles. The Bertz CT molecular complexity index is 399. The van der Waals surface area contributed by atoms with Crippen molar-refractivity contribution in [2.75, 3.05) is 73.5 Å². The number of piperazine rings is 1. The molecular weight excluding hydrogens is 300 g/mol. The Morgan fingerprint density at radius 3 is 2.67 bits per heavy atom. The van der Waals surface area contributed by atoms with Crippen molar-refractivity contribution in [2.24, 2.45) is 4.99 Å². The van der Waals surface area contributed by atoms with E-state index in [1.165, 1.54) is 19.4 Å². The highest BCUT2D eigenvalue weighted by atomic mass is 15.3. The van der Waals surface area contributed by atoms with Crippen molar-refractivity contribution in [1.29, 1.82) is 0 Å². The van der Waals surface area contributed by atoms with Crippen LogP contribution in [0.5, 0.6) is 0 Å². The summed E-state index contributed by atoms with van der Waals surface area (Å²) in [5, 5.41) is 3.48. The number of likely N-dealkylation sites (N-methyl/N-ethyl adjacent to an activating group) is 4. The smallest absolute Gasteiger partial charge is 0.193 e. The maximum atomic E-state index is 4.96. The molecule has 2 aliphatic rings. The molecule has 24 heavy (non-hydrogen) atoms. The van der Waals surface area contributed by atoms with Gasteiger partial charge in [0.05, 0.1) is 6.54 Å². The molecule has 0 aliphatic carbocycles. The quantitative estimate of drug-likeness (QED) is 0.567. The van der Waals surface area contributed by atoms with Gasteiger partial charge in [-0.15, -0.1) is 0 Å². The summed E-state index contributed by atoms with van der Waals surface area (Å²) in [5.41, 5.74) is 0. The molecule has 2 rings (SSSR count). The lowest BCUT2D eigenvalue weighted by atomic mass is 10.2. The highest BCUT2D eigenvalue weighted by Gasteiger charge is 2.26. The SMILES string of the molecule is CCNC(=NCC1CN(C)CCN1C)N(C)CC1CCCN1CC. The molecule has 0 spiro atoms. The monoisotopic (exact) mass is 338 g/mol. The molecule has 2 unspecified atom stereocenters. The molecule has 2 saturated heterocycles. The molecule has 0 bridgehead atoms. The molecule has 1 N–H and O–H groups in total. The van der Waals surface area contributed by atoms with Crippen LogP contribution in [0.15, 0.2) is 4.99 Å². The molecule has 140 valence electrons. The van der Waals surface area contributed by atoms with Gasteiger partial charge >= 0.3 is 0 Å². The van der Waals surface area contributed by atoms with Gasteiger partial charge in [0.25, 0.3) is 0 Å². The van der Waals surface area contributed by atoms with Crippen LogP contribution in [0.4, 0.5) is 0 Å². The summed E-state index contributed by atoms with van der Waals surface area (Å²) >= 11 is 0. The third-order valence-electron chi connectivity index (χ3n) is 5.52. The van der Waals surface area contributed by atoms with Gasteiger partial charge in [-0.2, -0.15) is 0 Å². The summed E-state index contributed by atoms with van der Waals surface area (Å²) in [4.78, 5) is 14.7. The molecule has 6 heteroatoms. The number of hydrogen-bond donors (Lipinski definition) is 1. The van der Waals surface area contributed by atoms with Crippen LogP contribution in [0.3, 0.4) is 0 Å². The highest BCUT2D eigenvalue weighted by molar-refractivity contribution is 5.79. The number of nitrogens with zero attached hydrogens (tertiary/aromatic N) is 5. The second-order valence-corrected chi connectivity index (χ2v) is 7.40. The average molecular weight is 339 g/mol. The largest absolute Gasteiger partial charge is 0.357 e. The number of guanidine groups is 1. The Morgan fingerprint density at radius 2 is 1.96 bits per heavy atom. The Labute approximate surface area is 148 Å². The van der Waals surface area contributed by atoms with Gasteiger partial charge in [-0.25, -0.2) is 0 Å². The zero-order valence-electron chi connectivity index (χ0n) is 16.5. The molecule has 0 saturated carbocycles. The minimum Gasteiger partial charge on any atom is -0.357 e. The van der Waals surface area contributed by atoms with Crippen LogP contribution in [0.25, 0.3) is 0 Å². The van der Waals surface area contributed by atoms with Crippen LogP contribution < -0.4 is 5.32 Å². The second kappa shape index (κ2) is 9.59. The van der Waals surface area contributed by atoms with Crippen LogP contribution in [-0.2, 0) is 0 Å². The molecule has 2 atom stereocenters. The first-order valence-corrected chi connectivity index (χ1v) is 9.67. The third kappa shape index (κ3) is 5.33. The zero-order valence-corrected chi connectivity index (χ0v) is 16.5. The lowest BCUT2D eigenvalue weighted by Crippen LogP contribution is -2.52. The molecule has 2 fully saturated rings. The van der Waals surface area contributed by atoms with Crippen LogP contribution in [0, 0.1) is 0 Å². The van der Waals surface area contributed by atoms with Gasteiger partial charge in [-0.05, 0) is 47.0 Å². The van der Waals surface area contributed by atoms with Crippen molar-refractivity contribution in [3.05, 3.63) is 0 Å². The zero-order chi connectivity index (χ0) is 17.5. The van der Waals surface area contributed by atoms with E-state index < -0.39 is 0 Å². The van der Waals surface area contributed by atoms with Gasteiger partial charge < -0.3 is 15.1 Å². The number of likely N-dealkylation sites (tertiary alicyclic amines) is 1. The van der Waals surface area contributed by atoms with Crippen molar-refractivity contribution in [3.8, 4) is 0 Å². The van der Waals surface area contributed by atoms with E-state index in [-0.39, 0.29) is 0 Å². The highest BCUT2D eigenvalue weighted by Crippen LogP contribution is 2.17. The molecular formula is C18H38N6. The summed E-state index contributed by atoms with van der Waals surface area (Å²) in [6.07, 6.45) is 2.65. The fourth-order valence-corrected chi connectivity index (χ4v) is 3.88. The molecule has 0 aromatic heterocycles. The van der Waals surface area contributed by atoms with Gasteiger partial charge in [-0.3, -0.25) is 14.8 Å². The van der Waals surface area contributed by atoms with Gasteiger partial charge in [0.2, 0.25) is 0 Å². The average Bonchev–Trinajstić information content (AvgIpc) is 3.01. The summed E-state index contributed by atoms with van der Waals surface area (Å²) in [7, 11) is 6.62. The van der Waals surface area contributed by atoms with Crippen LogP contribution in [0.1, 0.15) is 26.7 Å². The van der Waals surface area contributed by atoms with Gasteiger partial charge in [0.15, 0.2) is 5.96 Å². The maximum absolute atomic E-state index is 4.96. The predicted molar refractivity (Wildman–Crippen MR) is 103 cm³/mol. The molecule has 0 aromatic rings. The van der Waals surface area contributed by atoms with Crippen molar-refractivity contribution in [2.45, 2.75) is 38.8 Å². The normalized spacial score (nSPS) is 27.6. The van der Waals surface area contributed by atoms with Crippen molar-refractivity contribution in [3.63, 3.8) is 0 Å². The first-order valence-electron chi connectivity index (χ1n) is 9.67. The van der Waals surface area contributed by atoms with E-state index >= 15 is 0 Å². The third-order valence-corrected chi connectivity index (χ3v) is 5.52. The van der Waals surface area contributed by atoms with Crippen LogP contribution in [-0.4, -0.2) is 111 Å². The van der Waals surface area contributed by atoms with E-state index in [4.69, 9.17) is 4.99 Å². The standard InChI is InChI=1S/C18H38N6/c1-6-19-18(20-13-17-14-21(3)11-12-22(17)4)23(5)15-16-9-8-10-24(16)7-2/h16-17H,6-15H2,1-5H3,(H,19,20). The fourth-order valence-electron chi connectivity index (χ4n) is 3.88. The number of rotatable bonds is 6. The van der Waals surface area contributed by atoms with E-state index in [0.29, 0.717) is 12.1 Å². The lowest BCUT2D eigenvalue weighted by molar-refractivity contribution is 0.119. The van der Waals surface area contributed by atoms with E-state index in [1.807, 2.05) is 0 Å². The van der Waals surface area contributed by atoms with Gasteiger partial charge in [0.1, 0.15) is 0 Å². The van der Waals surface area contributed by atoms with Gasteiger partial charge in [-0.1, -0.05) is 6.92 Å². The van der Waals surface area contributed by atoms with E-state index in [2.05, 4.69) is 59.9 Å². The Morgan fingerprint density at radius 1 is 1.17 bits per heavy atom. The van der Waals surface area contributed by atoms with Crippen LogP contribution in [0.2, 0.25) is 0 Å². The van der Waals surface area contributed by atoms with E-state index in [1.54, 1.807) is 0 Å². The summed E-state index contributed by atoms with van der Waals surface area (Å²) in [6, 6.07) is 1.19. The maximum Gasteiger partial charge on any atom is 0.193 e.